The number of hydrogen-bond donors (Lipinski definition) is 2. The van der Waals surface area contributed by atoms with Crippen LogP contribution in [0, 0.1) is 6.92 Å². The van der Waals surface area contributed by atoms with Crippen LogP contribution in [0.15, 0.2) is 10.6 Å². The Kier molecular flexibility index (Phi) is 3.19. The number of aromatic amines is 1. The first kappa shape index (κ1) is 12.4. The number of methoxy groups -OCH3 is 1. The van der Waals surface area contributed by atoms with Crippen molar-refractivity contribution in [2.45, 2.75) is 12.7 Å². The molecule has 0 radical (unpaired) electrons. The third kappa shape index (κ3) is 2.97. The molecule has 0 bridgehead atoms. The number of H-pyrrole nitrogens is 1. The fourth-order valence-electron chi connectivity index (χ4n) is 1.25. The predicted octanol–water partition coefficient (Wildman–Crippen LogP) is 0.0516. The number of nitrogens with one attached hydrogen (secondary N) is 2. The number of hydrogen-bond acceptors (Lipinski definition) is 7. The number of rotatable bonds is 5. The van der Waals surface area contributed by atoms with Gasteiger partial charge in [-0.3, -0.25) is 4.72 Å². The van der Waals surface area contributed by atoms with Crippen LogP contribution in [0.2, 0.25) is 0 Å². The third-order valence-electron chi connectivity index (χ3n) is 1.91. The molecule has 0 aliphatic heterocycles. The minimum Gasteiger partial charge on any atom is -0.466 e. The molecule has 0 spiro atoms. The molecule has 2 heterocycles. The fourth-order valence-corrected chi connectivity index (χ4v) is 2.23. The van der Waals surface area contributed by atoms with Crippen LogP contribution in [0.5, 0.6) is 6.01 Å². The van der Waals surface area contributed by atoms with Crippen molar-refractivity contribution in [3.05, 3.63) is 17.5 Å². The molecule has 98 valence electrons. The molecule has 0 aromatic carbocycles. The van der Waals surface area contributed by atoms with E-state index in [-0.39, 0.29) is 17.7 Å². The first-order valence-electron chi connectivity index (χ1n) is 4.87. The van der Waals surface area contributed by atoms with Crippen molar-refractivity contribution < 1.29 is 17.7 Å². The van der Waals surface area contributed by atoms with Gasteiger partial charge in [0, 0.05) is 6.07 Å². The average Bonchev–Trinajstić information content (AvgIpc) is 2.86. The number of sulfonamides is 1. The zero-order chi connectivity index (χ0) is 13.2. The van der Waals surface area contributed by atoms with Gasteiger partial charge in [-0.25, -0.2) is 13.5 Å². The first-order chi connectivity index (χ1) is 8.48. The molecule has 0 atom stereocenters. The van der Waals surface area contributed by atoms with Gasteiger partial charge in [0.05, 0.1) is 7.11 Å². The number of ether oxygens (including phenoxy) is 1. The summed E-state index contributed by atoms with van der Waals surface area (Å²) in [6.07, 6.45) is 0. The van der Waals surface area contributed by atoms with Crippen molar-refractivity contribution in [1.82, 2.24) is 20.3 Å². The molecule has 18 heavy (non-hydrogen) atoms. The highest BCUT2D eigenvalue weighted by molar-refractivity contribution is 7.91. The zero-order valence-electron chi connectivity index (χ0n) is 9.67. The van der Waals surface area contributed by atoms with Gasteiger partial charge >= 0.3 is 6.01 Å². The van der Waals surface area contributed by atoms with Gasteiger partial charge in [0.2, 0.25) is 16.0 Å². The van der Waals surface area contributed by atoms with E-state index in [1.165, 1.54) is 7.11 Å². The predicted molar refractivity (Wildman–Crippen MR) is 60.4 cm³/mol. The largest absolute Gasteiger partial charge is 0.466 e. The highest BCUT2D eigenvalue weighted by Gasteiger charge is 2.16. The fraction of sp³-hybridized carbons (Fsp3) is 0.375. The highest BCUT2D eigenvalue weighted by atomic mass is 32.2. The van der Waals surface area contributed by atoms with Crippen molar-refractivity contribution in [3.63, 3.8) is 0 Å². The monoisotopic (exact) mass is 273 g/mol. The van der Waals surface area contributed by atoms with E-state index in [1.54, 1.807) is 13.0 Å². The molecule has 2 aromatic rings. The number of aromatic nitrogens is 4. The van der Waals surface area contributed by atoms with E-state index in [4.69, 9.17) is 9.26 Å². The second-order valence-corrected chi connectivity index (χ2v) is 5.18. The van der Waals surface area contributed by atoms with Gasteiger partial charge in [-0.1, -0.05) is 5.16 Å². The molecule has 2 rings (SSSR count). The van der Waals surface area contributed by atoms with Crippen LogP contribution < -0.4 is 9.46 Å². The maximum atomic E-state index is 11.8. The highest BCUT2D eigenvalue weighted by Crippen LogP contribution is 2.11. The van der Waals surface area contributed by atoms with Crippen LogP contribution in [-0.4, -0.2) is 35.9 Å². The smallest absolute Gasteiger partial charge is 0.336 e. The minimum absolute atomic E-state index is 0.0212. The summed E-state index contributed by atoms with van der Waals surface area (Å²) in [5.41, 5.74) is 0.312. The lowest BCUT2D eigenvalue weighted by Crippen LogP contribution is -2.16. The van der Waals surface area contributed by atoms with Crippen molar-refractivity contribution in [2.75, 3.05) is 11.8 Å². The van der Waals surface area contributed by atoms with E-state index in [2.05, 4.69) is 25.1 Å². The summed E-state index contributed by atoms with van der Waals surface area (Å²) in [4.78, 5) is 3.74. The summed E-state index contributed by atoms with van der Waals surface area (Å²) in [6.45, 7) is 1.68. The van der Waals surface area contributed by atoms with Crippen LogP contribution in [0.1, 0.15) is 11.5 Å². The molecule has 0 aliphatic carbocycles. The second-order valence-electron chi connectivity index (χ2n) is 3.46. The normalized spacial score (nSPS) is 11.4. The van der Waals surface area contributed by atoms with Gasteiger partial charge in [0.1, 0.15) is 17.2 Å². The van der Waals surface area contributed by atoms with Crippen LogP contribution >= 0.6 is 0 Å². The quantitative estimate of drug-likeness (QED) is 0.788. The minimum atomic E-state index is -3.63. The summed E-state index contributed by atoms with van der Waals surface area (Å²) in [5.74, 6) is 0.210. The van der Waals surface area contributed by atoms with E-state index >= 15 is 0 Å². The summed E-state index contributed by atoms with van der Waals surface area (Å²) in [6, 6.07) is 1.59. The topological polar surface area (TPSA) is 123 Å². The molecule has 2 N–H and O–H groups in total. The summed E-state index contributed by atoms with van der Waals surface area (Å²) in [7, 11) is -2.26. The Morgan fingerprint density at radius 3 is 2.89 bits per heavy atom. The number of anilines is 1. The van der Waals surface area contributed by atoms with Gasteiger partial charge in [0.15, 0.2) is 0 Å². The first-order valence-corrected chi connectivity index (χ1v) is 6.53. The van der Waals surface area contributed by atoms with E-state index in [1.807, 2.05) is 0 Å². The van der Waals surface area contributed by atoms with Gasteiger partial charge in [-0.2, -0.15) is 4.98 Å². The molecule has 0 aliphatic rings. The van der Waals surface area contributed by atoms with Crippen LogP contribution in [0.3, 0.4) is 0 Å². The number of aryl methyl sites for hydroxylation is 1. The lowest BCUT2D eigenvalue weighted by molar-refractivity contribution is 0.382. The molecular weight excluding hydrogens is 262 g/mol. The summed E-state index contributed by atoms with van der Waals surface area (Å²) in [5, 5.41) is 9.59. The average molecular weight is 273 g/mol. The Morgan fingerprint density at radius 2 is 2.33 bits per heavy atom. The van der Waals surface area contributed by atoms with Crippen molar-refractivity contribution in [3.8, 4) is 6.01 Å². The Hall–Kier alpha value is -2.10. The molecule has 10 heteroatoms. The van der Waals surface area contributed by atoms with Gasteiger partial charge < -0.3 is 9.26 Å². The van der Waals surface area contributed by atoms with Gasteiger partial charge in [0.25, 0.3) is 0 Å². The SMILES string of the molecule is COc1n[nH]c(NS(=O)(=O)Cc2cc(C)on2)n1. The summed E-state index contributed by atoms with van der Waals surface area (Å²) >= 11 is 0. The molecule has 0 amide bonds. The lowest BCUT2D eigenvalue weighted by atomic mass is 10.4. The lowest BCUT2D eigenvalue weighted by Gasteiger charge is -2.01. The Morgan fingerprint density at radius 1 is 1.56 bits per heavy atom. The third-order valence-corrected chi connectivity index (χ3v) is 3.09. The van der Waals surface area contributed by atoms with Crippen LogP contribution in [-0.2, 0) is 15.8 Å². The zero-order valence-corrected chi connectivity index (χ0v) is 10.5. The van der Waals surface area contributed by atoms with E-state index in [0.717, 1.165) is 0 Å². The molecule has 9 nitrogen and oxygen atoms in total. The van der Waals surface area contributed by atoms with E-state index in [0.29, 0.717) is 11.5 Å². The Bertz CT molecular complexity index is 631. The van der Waals surface area contributed by atoms with Crippen LogP contribution in [0.4, 0.5) is 5.95 Å². The summed E-state index contributed by atoms with van der Waals surface area (Å²) < 4.78 is 35.2. The maximum Gasteiger partial charge on any atom is 0.336 e. The van der Waals surface area contributed by atoms with Crippen LogP contribution in [0.25, 0.3) is 0 Å². The molecule has 2 aromatic heterocycles. The second kappa shape index (κ2) is 4.64. The van der Waals surface area contributed by atoms with Crippen molar-refractivity contribution in [1.29, 1.82) is 0 Å². The number of nitrogens with zero attached hydrogens (tertiary/aromatic N) is 3. The molecule has 0 saturated carbocycles. The molecule has 0 unspecified atom stereocenters. The van der Waals surface area contributed by atoms with Crippen molar-refractivity contribution >= 4 is 16.0 Å². The Balaban J connectivity index is 2.07. The maximum absolute atomic E-state index is 11.8. The van der Waals surface area contributed by atoms with Gasteiger partial charge in [-0.15, -0.1) is 5.10 Å². The van der Waals surface area contributed by atoms with E-state index < -0.39 is 10.0 Å². The standard InChI is InChI=1S/C8H11N5O4S/c1-5-3-6(12-17-5)4-18(14,15)13-7-9-8(16-2)11-10-7/h3H,4H2,1-2H3,(H2,9,10,11,13). The Labute approximate surface area is 103 Å². The molecular formula is C8H11N5O4S. The molecule has 0 fully saturated rings. The molecule has 0 saturated heterocycles. The van der Waals surface area contributed by atoms with Crippen molar-refractivity contribution in [2.24, 2.45) is 0 Å². The van der Waals surface area contributed by atoms with Gasteiger partial charge in [-0.05, 0) is 6.92 Å². The van der Waals surface area contributed by atoms with E-state index in [9.17, 15) is 8.42 Å².